The van der Waals surface area contributed by atoms with Crippen LogP contribution in [-0.4, -0.2) is 4.57 Å². The molecular weight excluding hydrogens is 733 g/mol. The van der Waals surface area contributed by atoms with E-state index in [4.69, 9.17) is 8.83 Å². The molecular formula is C56H34N2O2. The molecule has 0 atom stereocenters. The molecule has 0 saturated carbocycles. The summed E-state index contributed by atoms with van der Waals surface area (Å²) in [6, 6.07) is 73.8. The number of anilines is 3. The van der Waals surface area contributed by atoms with Gasteiger partial charge in [-0.1, -0.05) is 115 Å². The van der Waals surface area contributed by atoms with E-state index in [-0.39, 0.29) is 0 Å². The molecule has 0 amide bonds. The van der Waals surface area contributed by atoms with Gasteiger partial charge in [-0.25, -0.2) is 0 Å². The predicted molar refractivity (Wildman–Crippen MR) is 250 cm³/mol. The van der Waals surface area contributed by atoms with Gasteiger partial charge < -0.3 is 18.3 Å². The molecule has 4 nitrogen and oxygen atoms in total. The summed E-state index contributed by atoms with van der Waals surface area (Å²) in [5, 5.41) is 11.8. The quantitative estimate of drug-likeness (QED) is 0.164. The fraction of sp³-hybridized carbons (Fsp3) is 0. The van der Waals surface area contributed by atoms with Crippen LogP contribution < -0.4 is 4.90 Å². The van der Waals surface area contributed by atoms with Crippen molar-refractivity contribution in [2.75, 3.05) is 4.90 Å². The summed E-state index contributed by atoms with van der Waals surface area (Å²) in [6.07, 6.45) is 0. The van der Waals surface area contributed by atoms with Gasteiger partial charge >= 0.3 is 0 Å². The Balaban J connectivity index is 0.969. The lowest BCUT2D eigenvalue weighted by Gasteiger charge is -2.26. The molecule has 0 aliphatic heterocycles. The van der Waals surface area contributed by atoms with E-state index in [1.165, 1.54) is 54.5 Å². The molecule has 0 unspecified atom stereocenters. The van der Waals surface area contributed by atoms with Crippen LogP contribution >= 0.6 is 0 Å². The van der Waals surface area contributed by atoms with Gasteiger partial charge in [-0.3, -0.25) is 0 Å². The van der Waals surface area contributed by atoms with Gasteiger partial charge in [0.2, 0.25) is 0 Å². The molecule has 0 radical (unpaired) electrons. The number of para-hydroxylation sites is 3. The Hall–Kier alpha value is -8.08. The van der Waals surface area contributed by atoms with E-state index in [0.717, 1.165) is 66.6 Å². The minimum absolute atomic E-state index is 0.834. The second-order valence-corrected chi connectivity index (χ2v) is 15.7. The zero-order valence-corrected chi connectivity index (χ0v) is 32.3. The normalized spacial score (nSPS) is 12.0. The highest BCUT2D eigenvalue weighted by molar-refractivity contribution is 6.14. The van der Waals surface area contributed by atoms with Crippen molar-refractivity contribution < 1.29 is 8.83 Å². The Morgan fingerprint density at radius 3 is 1.63 bits per heavy atom. The number of furan rings is 2. The van der Waals surface area contributed by atoms with Gasteiger partial charge in [0, 0.05) is 61.1 Å². The van der Waals surface area contributed by atoms with Crippen LogP contribution in [0.15, 0.2) is 215 Å². The van der Waals surface area contributed by atoms with Crippen molar-refractivity contribution in [3.8, 4) is 16.8 Å². The van der Waals surface area contributed by atoms with Crippen LogP contribution in [0.2, 0.25) is 0 Å². The molecule has 3 aromatic heterocycles. The first kappa shape index (κ1) is 32.9. The summed E-state index contributed by atoms with van der Waals surface area (Å²) in [4.78, 5) is 2.32. The van der Waals surface area contributed by atoms with Crippen LogP contribution in [0.3, 0.4) is 0 Å². The zero-order valence-electron chi connectivity index (χ0n) is 32.3. The van der Waals surface area contributed by atoms with Crippen LogP contribution in [0.1, 0.15) is 0 Å². The summed E-state index contributed by atoms with van der Waals surface area (Å²) in [7, 11) is 0. The third-order valence-corrected chi connectivity index (χ3v) is 12.4. The van der Waals surface area contributed by atoms with Gasteiger partial charge in [-0.05, 0) is 118 Å². The van der Waals surface area contributed by atoms with E-state index in [9.17, 15) is 0 Å². The van der Waals surface area contributed by atoms with Gasteiger partial charge in [0.25, 0.3) is 0 Å². The molecule has 13 aromatic rings. The summed E-state index contributed by atoms with van der Waals surface area (Å²) < 4.78 is 15.3. The van der Waals surface area contributed by atoms with Crippen molar-refractivity contribution >= 4 is 104 Å². The highest BCUT2D eigenvalue weighted by Gasteiger charge is 2.20. The molecule has 0 bridgehead atoms. The zero-order chi connectivity index (χ0) is 39.3. The van der Waals surface area contributed by atoms with Crippen LogP contribution in [0.25, 0.3) is 104 Å². The summed E-state index contributed by atoms with van der Waals surface area (Å²) in [5.74, 6) is 0. The molecule has 4 heteroatoms. The van der Waals surface area contributed by atoms with E-state index >= 15 is 0 Å². The molecule has 60 heavy (non-hydrogen) atoms. The molecule has 0 aliphatic rings. The lowest BCUT2D eigenvalue weighted by molar-refractivity contribution is 0.668. The maximum atomic E-state index is 6.68. The molecule has 0 saturated heterocycles. The smallest absolute Gasteiger partial charge is 0.137 e. The number of fused-ring (bicyclic) bond motifs is 12. The van der Waals surface area contributed by atoms with Crippen molar-refractivity contribution in [2.45, 2.75) is 0 Å². The largest absolute Gasteiger partial charge is 0.456 e. The molecule has 0 aliphatic carbocycles. The Morgan fingerprint density at radius 1 is 0.317 bits per heavy atom. The van der Waals surface area contributed by atoms with E-state index in [1.54, 1.807) is 0 Å². The van der Waals surface area contributed by atoms with Crippen molar-refractivity contribution in [3.63, 3.8) is 0 Å². The van der Waals surface area contributed by atoms with Crippen molar-refractivity contribution in [1.29, 1.82) is 0 Å². The van der Waals surface area contributed by atoms with Crippen LogP contribution in [0.4, 0.5) is 17.1 Å². The summed E-state index contributed by atoms with van der Waals surface area (Å²) in [5.41, 5.74) is 12.4. The van der Waals surface area contributed by atoms with E-state index in [1.807, 2.05) is 12.1 Å². The number of hydrogen-bond donors (Lipinski definition) is 0. The first-order chi connectivity index (χ1) is 29.7. The first-order valence-corrected chi connectivity index (χ1v) is 20.4. The SMILES string of the molecule is c1ccc2c(c1)cc(-c1ccc(N(c3ccc4c(c3)oc3ccc(-n5c6ccccc6c6ccccc65)cc34)c3ccc4oc5ccccc5c4c3)cc1)c1ccccc12. The predicted octanol–water partition coefficient (Wildman–Crippen LogP) is 16.0. The second-order valence-electron chi connectivity index (χ2n) is 15.7. The lowest BCUT2D eigenvalue weighted by atomic mass is 9.93. The standard InChI is InChI=1S/C56H34N2O2/c1-2-12-41-36(11-1)31-48(43-14-4-3-13-42(41)43)35-21-23-37(24-22-35)57(38-26-29-54-49(32-38)46-17-7-10-20-53(46)59-54)40-25-28-47-50-33-39(27-30-55(50)60-56(47)34-40)58-51-18-8-5-15-44(51)45-16-6-9-19-52(45)58/h1-34H. The maximum absolute atomic E-state index is 6.68. The highest BCUT2D eigenvalue weighted by Crippen LogP contribution is 2.43. The average Bonchev–Trinajstić information content (AvgIpc) is 3.98. The number of rotatable bonds is 5. The van der Waals surface area contributed by atoms with Crippen LogP contribution in [0, 0.1) is 0 Å². The monoisotopic (exact) mass is 766 g/mol. The third-order valence-electron chi connectivity index (χ3n) is 12.4. The van der Waals surface area contributed by atoms with Gasteiger partial charge in [0.1, 0.15) is 22.3 Å². The van der Waals surface area contributed by atoms with Crippen molar-refractivity contribution in [3.05, 3.63) is 206 Å². The molecule has 0 spiro atoms. The molecule has 13 rings (SSSR count). The van der Waals surface area contributed by atoms with E-state index in [2.05, 4.69) is 204 Å². The molecule has 0 N–H and O–H groups in total. The number of nitrogens with zero attached hydrogens (tertiary/aromatic N) is 2. The highest BCUT2D eigenvalue weighted by atomic mass is 16.3. The van der Waals surface area contributed by atoms with Gasteiger partial charge in [0.05, 0.1) is 11.0 Å². The fourth-order valence-corrected chi connectivity index (χ4v) is 9.62. The second kappa shape index (κ2) is 12.7. The average molecular weight is 767 g/mol. The topological polar surface area (TPSA) is 34.5 Å². The van der Waals surface area contributed by atoms with Crippen LogP contribution in [0.5, 0.6) is 0 Å². The molecule has 10 aromatic carbocycles. The molecule has 280 valence electrons. The number of benzene rings is 10. The van der Waals surface area contributed by atoms with E-state index in [0.29, 0.717) is 0 Å². The van der Waals surface area contributed by atoms with Crippen molar-refractivity contribution in [2.24, 2.45) is 0 Å². The lowest BCUT2D eigenvalue weighted by Crippen LogP contribution is -2.09. The Labute approximate surface area is 344 Å². The minimum Gasteiger partial charge on any atom is -0.456 e. The fourth-order valence-electron chi connectivity index (χ4n) is 9.62. The number of aromatic nitrogens is 1. The van der Waals surface area contributed by atoms with Crippen molar-refractivity contribution in [1.82, 2.24) is 4.57 Å². The molecule has 0 fully saturated rings. The van der Waals surface area contributed by atoms with Gasteiger partial charge in [0.15, 0.2) is 0 Å². The van der Waals surface area contributed by atoms with Gasteiger partial charge in [-0.15, -0.1) is 0 Å². The maximum Gasteiger partial charge on any atom is 0.137 e. The Morgan fingerprint density at radius 2 is 0.850 bits per heavy atom. The van der Waals surface area contributed by atoms with Gasteiger partial charge in [-0.2, -0.15) is 0 Å². The Kier molecular flexibility index (Phi) is 6.98. The Bertz CT molecular complexity index is 3790. The molecule has 3 heterocycles. The van der Waals surface area contributed by atoms with E-state index < -0.39 is 0 Å². The number of hydrogen-bond acceptors (Lipinski definition) is 3. The first-order valence-electron chi connectivity index (χ1n) is 20.4. The van der Waals surface area contributed by atoms with Crippen LogP contribution in [-0.2, 0) is 0 Å². The summed E-state index contributed by atoms with van der Waals surface area (Å²) in [6.45, 7) is 0. The summed E-state index contributed by atoms with van der Waals surface area (Å²) >= 11 is 0. The minimum atomic E-state index is 0.834. The third kappa shape index (κ3) is 4.91.